The van der Waals surface area contributed by atoms with Gasteiger partial charge in [0, 0.05) is 18.7 Å². The standard InChI is InChI=1S/C16H17F3N4OS/c17-16(18,19)11-5-4-6-12(9-11)20-14(24)10-25-15-22-21-13-7-2-1-3-8-23(13)15/h4-6,9H,1-3,7-8,10H2,(H,20,24). The fraction of sp³-hybridized carbons (Fsp3) is 0.438. The van der Waals surface area contributed by atoms with Crippen LogP contribution in [0.2, 0.25) is 0 Å². The highest BCUT2D eigenvalue weighted by atomic mass is 32.2. The molecule has 0 radical (unpaired) electrons. The van der Waals surface area contributed by atoms with Gasteiger partial charge in [0.1, 0.15) is 5.82 Å². The number of anilines is 1. The van der Waals surface area contributed by atoms with Crippen molar-refractivity contribution < 1.29 is 18.0 Å². The first kappa shape index (κ1) is 17.8. The van der Waals surface area contributed by atoms with Gasteiger partial charge in [-0.3, -0.25) is 4.79 Å². The lowest BCUT2D eigenvalue weighted by molar-refractivity contribution is -0.137. The SMILES string of the molecule is O=C(CSc1nnc2n1CCCCC2)Nc1cccc(C(F)(F)F)c1. The first-order valence-corrected chi connectivity index (χ1v) is 8.94. The Labute approximate surface area is 147 Å². The largest absolute Gasteiger partial charge is 0.416 e. The van der Waals surface area contributed by atoms with Gasteiger partial charge in [-0.1, -0.05) is 24.2 Å². The number of hydrogen-bond acceptors (Lipinski definition) is 4. The Morgan fingerprint density at radius 3 is 2.88 bits per heavy atom. The first-order valence-electron chi connectivity index (χ1n) is 7.95. The molecule has 5 nitrogen and oxygen atoms in total. The molecule has 2 heterocycles. The fourth-order valence-corrected chi connectivity index (χ4v) is 3.45. The van der Waals surface area contributed by atoms with Crippen LogP contribution in [-0.2, 0) is 23.9 Å². The molecule has 1 N–H and O–H groups in total. The monoisotopic (exact) mass is 370 g/mol. The van der Waals surface area contributed by atoms with Gasteiger partial charge in [0.05, 0.1) is 11.3 Å². The molecule has 1 amide bonds. The Kier molecular flexibility index (Phi) is 5.31. The number of carbonyl (C=O) groups excluding carboxylic acids is 1. The zero-order valence-electron chi connectivity index (χ0n) is 13.3. The molecule has 0 aliphatic carbocycles. The highest BCUT2D eigenvalue weighted by Crippen LogP contribution is 2.30. The molecule has 3 rings (SSSR count). The second kappa shape index (κ2) is 7.47. The third-order valence-corrected chi connectivity index (χ3v) is 4.85. The van der Waals surface area contributed by atoms with Gasteiger partial charge in [-0.15, -0.1) is 10.2 Å². The summed E-state index contributed by atoms with van der Waals surface area (Å²) in [5, 5.41) is 11.4. The normalized spacial score (nSPS) is 14.7. The summed E-state index contributed by atoms with van der Waals surface area (Å²) in [6.07, 6.45) is -0.282. The van der Waals surface area contributed by atoms with Crippen LogP contribution >= 0.6 is 11.8 Å². The molecule has 2 aromatic rings. The van der Waals surface area contributed by atoms with Gasteiger partial charge < -0.3 is 9.88 Å². The van der Waals surface area contributed by atoms with E-state index in [0.29, 0.717) is 5.16 Å². The van der Waals surface area contributed by atoms with Crippen molar-refractivity contribution in [2.24, 2.45) is 0 Å². The van der Waals surface area contributed by atoms with Crippen LogP contribution in [0.5, 0.6) is 0 Å². The predicted molar refractivity (Wildman–Crippen MR) is 88.4 cm³/mol. The predicted octanol–water partition coefficient (Wildman–Crippen LogP) is 3.75. The summed E-state index contributed by atoms with van der Waals surface area (Å²) in [5.74, 6) is 0.613. The molecule has 25 heavy (non-hydrogen) atoms. The van der Waals surface area contributed by atoms with Crippen LogP contribution in [0.15, 0.2) is 29.4 Å². The molecular formula is C16H17F3N4OS. The van der Waals surface area contributed by atoms with Crippen LogP contribution in [0.1, 0.15) is 30.7 Å². The third-order valence-electron chi connectivity index (χ3n) is 3.88. The van der Waals surface area contributed by atoms with Crippen molar-refractivity contribution >= 4 is 23.4 Å². The van der Waals surface area contributed by atoms with Crippen molar-refractivity contribution in [1.29, 1.82) is 0 Å². The van der Waals surface area contributed by atoms with Crippen molar-refractivity contribution in [2.45, 2.75) is 43.6 Å². The highest BCUT2D eigenvalue weighted by Gasteiger charge is 2.30. The fourth-order valence-electron chi connectivity index (χ4n) is 2.67. The maximum Gasteiger partial charge on any atom is 0.416 e. The van der Waals surface area contributed by atoms with Crippen molar-refractivity contribution in [2.75, 3.05) is 11.1 Å². The Hall–Kier alpha value is -2.03. The Bertz CT molecular complexity index is 760. The van der Waals surface area contributed by atoms with E-state index < -0.39 is 11.7 Å². The van der Waals surface area contributed by atoms with E-state index in [1.54, 1.807) is 0 Å². The molecular weight excluding hydrogens is 353 g/mol. The lowest BCUT2D eigenvalue weighted by Gasteiger charge is -2.10. The molecule has 0 spiro atoms. The zero-order valence-corrected chi connectivity index (χ0v) is 14.2. The average Bonchev–Trinajstić information content (AvgIpc) is 2.79. The van der Waals surface area contributed by atoms with Crippen molar-refractivity contribution in [3.8, 4) is 0 Å². The summed E-state index contributed by atoms with van der Waals surface area (Å²) in [6, 6.07) is 4.59. The van der Waals surface area contributed by atoms with E-state index in [-0.39, 0.29) is 17.3 Å². The van der Waals surface area contributed by atoms with Crippen LogP contribution in [-0.4, -0.2) is 26.4 Å². The van der Waals surface area contributed by atoms with Gasteiger partial charge in [0.15, 0.2) is 5.16 Å². The van der Waals surface area contributed by atoms with E-state index in [9.17, 15) is 18.0 Å². The number of rotatable bonds is 4. The number of fused-ring (bicyclic) bond motifs is 1. The molecule has 9 heteroatoms. The van der Waals surface area contributed by atoms with E-state index in [4.69, 9.17) is 0 Å². The van der Waals surface area contributed by atoms with Crippen LogP contribution in [0.25, 0.3) is 0 Å². The van der Waals surface area contributed by atoms with Gasteiger partial charge in [-0.05, 0) is 31.0 Å². The number of aromatic nitrogens is 3. The molecule has 1 aliphatic heterocycles. The van der Waals surface area contributed by atoms with Crippen LogP contribution in [0.4, 0.5) is 18.9 Å². The Morgan fingerprint density at radius 1 is 1.24 bits per heavy atom. The molecule has 0 bridgehead atoms. The number of aryl methyl sites for hydroxylation is 1. The van der Waals surface area contributed by atoms with E-state index in [0.717, 1.165) is 50.2 Å². The summed E-state index contributed by atoms with van der Waals surface area (Å²) < 4.78 is 40.1. The van der Waals surface area contributed by atoms with Crippen LogP contribution in [0, 0.1) is 0 Å². The molecule has 0 fully saturated rings. The molecule has 1 aromatic heterocycles. The first-order chi connectivity index (χ1) is 11.9. The second-order valence-corrected chi connectivity index (χ2v) is 6.72. The lowest BCUT2D eigenvalue weighted by Crippen LogP contribution is -2.15. The minimum absolute atomic E-state index is 0.0639. The molecule has 0 saturated carbocycles. The Morgan fingerprint density at radius 2 is 2.08 bits per heavy atom. The molecule has 1 aliphatic rings. The molecule has 134 valence electrons. The summed E-state index contributed by atoms with van der Waals surface area (Å²) in [5.41, 5.74) is -0.666. The van der Waals surface area contributed by atoms with Crippen molar-refractivity contribution in [1.82, 2.24) is 14.8 Å². The second-order valence-electron chi connectivity index (χ2n) is 5.78. The number of halogens is 3. The molecule has 0 saturated heterocycles. The van der Waals surface area contributed by atoms with Crippen molar-refractivity contribution in [3.63, 3.8) is 0 Å². The molecule has 0 atom stereocenters. The average molecular weight is 370 g/mol. The van der Waals surface area contributed by atoms with E-state index >= 15 is 0 Å². The van der Waals surface area contributed by atoms with Crippen molar-refractivity contribution in [3.05, 3.63) is 35.7 Å². The van der Waals surface area contributed by atoms with E-state index in [2.05, 4.69) is 15.5 Å². The number of amides is 1. The number of benzene rings is 1. The summed E-state index contributed by atoms with van der Waals surface area (Å²) in [7, 11) is 0. The number of nitrogens with zero attached hydrogens (tertiary/aromatic N) is 3. The van der Waals surface area contributed by atoms with E-state index in [1.807, 2.05) is 4.57 Å². The van der Waals surface area contributed by atoms with Gasteiger partial charge in [0.25, 0.3) is 0 Å². The number of carbonyl (C=O) groups is 1. The number of alkyl halides is 3. The topological polar surface area (TPSA) is 59.8 Å². The number of nitrogens with one attached hydrogen (secondary N) is 1. The maximum absolute atomic E-state index is 12.7. The minimum Gasteiger partial charge on any atom is -0.325 e. The number of thioether (sulfide) groups is 1. The summed E-state index contributed by atoms with van der Waals surface area (Å²) in [6.45, 7) is 0.833. The van der Waals surface area contributed by atoms with Gasteiger partial charge in [-0.2, -0.15) is 13.2 Å². The quantitative estimate of drug-likeness (QED) is 0.833. The van der Waals surface area contributed by atoms with Gasteiger partial charge >= 0.3 is 6.18 Å². The van der Waals surface area contributed by atoms with E-state index in [1.165, 1.54) is 23.9 Å². The molecule has 0 unspecified atom stereocenters. The highest BCUT2D eigenvalue weighted by molar-refractivity contribution is 7.99. The van der Waals surface area contributed by atoms with Gasteiger partial charge in [0.2, 0.25) is 5.91 Å². The van der Waals surface area contributed by atoms with Crippen LogP contribution in [0.3, 0.4) is 0 Å². The smallest absolute Gasteiger partial charge is 0.325 e. The minimum atomic E-state index is -4.44. The third kappa shape index (κ3) is 4.53. The summed E-state index contributed by atoms with van der Waals surface area (Å²) >= 11 is 1.24. The number of hydrogen-bond donors (Lipinski definition) is 1. The lowest BCUT2D eigenvalue weighted by atomic mass is 10.2. The maximum atomic E-state index is 12.7. The summed E-state index contributed by atoms with van der Waals surface area (Å²) in [4.78, 5) is 12.0. The molecule has 1 aromatic carbocycles. The zero-order chi connectivity index (χ0) is 17.9. The van der Waals surface area contributed by atoms with Crippen LogP contribution < -0.4 is 5.32 Å². The Balaban J connectivity index is 1.60. The van der Waals surface area contributed by atoms with Gasteiger partial charge in [-0.25, -0.2) is 0 Å².